The number of nitrogens with two attached hydrogens (primary N) is 1. The predicted molar refractivity (Wildman–Crippen MR) is 91.5 cm³/mol. The van der Waals surface area contributed by atoms with E-state index in [9.17, 15) is 20.7 Å². The van der Waals surface area contributed by atoms with E-state index in [0.717, 1.165) is 0 Å². The van der Waals surface area contributed by atoms with Gasteiger partial charge in [-0.2, -0.15) is 10.5 Å². The number of hydrazine groups is 1. The molecule has 0 aromatic heterocycles. The second-order valence-electron chi connectivity index (χ2n) is 5.34. The highest BCUT2D eigenvalue weighted by atomic mass is 16.3. The zero-order valence-electron chi connectivity index (χ0n) is 13.0. The lowest BCUT2D eigenvalue weighted by atomic mass is 10.00. The van der Waals surface area contributed by atoms with Crippen molar-refractivity contribution in [3.63, 3.8) is 0 Å². The molecule has 0 radical (unpaired) electrons. The van der Waals surface area contributed by atoms with Crippen LogP contribution >= 0.6 is 0 Å². The first-order valence-corrected chi connectivity index (χ1v) is 7.30. The van der Waals surface area contributed by atoms with Gasteiger partial charge < -0.3 is 10.2 Å². The zero-order valence-corrected chi connectivity index (χ0v) is 13.0. The van der Waals surface area contributed by atoms with Crippen LogP contribution in [0, 0.1) is 22.7 Å². The number of phenolic OH excluding ortho intramolecular Hbond substituents is 2. The van der Waals surface area contributed by atoms with Crippen molar-refractivity contribution < 1.29 is 10.2 Å². The SMILES string of the molecule is N#CC1=NC(c2ccc(O)cc2)=C(c2ccc(O)cc2)N(N)C1C#N. The van der Waals surface area contributed by atoms with Gasteiger partial charge in [0.05, 0.1) is 17.5 Å². The topological polar surface area (TPSA) is 130 Å². The van der Waals surface area contributed by atoms with Crippen molar-refractivity contribution in [2.75, 3.05) is 0 Å². The number of nitriles is 2. The van der Waals surface area contributed by atoms with Gasteiger partial charge in [0.25, 0.3) is 0 Å². The van der Waals surface area contributed by atoms with Crippen molar-refractivity contribution >= 4 is 17.1 Å². The molecular formula is C18H13N5O2. The number of benzene rings is 2. The molecule has 1 heterocycles. The summed E-state index contributed by atoms with van der Waals surface area (Å²) in [6.07, 6.45) is 0. The molecule has 0 bridgehead atoms. The summed E-state index contributed by atoms with van der Waals surface area (Å²) in [5, 5.41) is 38.9. The van der Waals surface area contributed by atoms with E-state index in [1.54, 1.807) is 24.3 Å². The van der Waals surface area contributed by atoms with E-state index in [0.29, 0.717) is 22.5 Å². The van der Waals surface area contributed by atoms with Gasteiger partial charge in [0, 0.05) is 11.1 Å². The maximum Gasteiger partial charge on any atom is 0.183 e. The van der Waals surface area contributed by atoms with E-state index in [-0.39, 0.29) is 17.2 Å². The summed E-state index contributed by atoms with van der Waals surface area (Å²) in [6, 6.07) is 15.4. The highest BCUT2D eigenvalue weighted by molar-refractivity contribution is 6.12. The van der Waals surface area contributed by atoms with E-state index < -0.39 is 6.04 Å². The molecule has 7 nitrogen and oxygen atoms in total. The van der Waals surface area contributed by atoms with Crippen LogP contribution in [0.3, 0.4) is 0 Å². The van der Waals surface area contributed by atoms with Crippen LogP contribution in [0.2, 0.25) is 0 Å². The molecule has 1 aliphatic heterocycles. The largest absolute Gasteiger partial charge is 0.508 e. The molecule has 25 heavy (non-hydrogen) atoms. The molecule has 0 amide bonds. The molecule has 0 saturated heterocycles. The van der Waals surface area contributed by atoms with Crippen molar-refractivity contribution in [1.29, 1.82) is 10.5 Å². The summed E-state index contributed by atoms with van der Waals surface area (Å²) in [6.45, 7) is 0. The van der Waals surface area contributed by atoms with Crippen LogP contribution in [0.25, 0.3) is 11.4 Å². The van der Waals surface area contributed by atoms with Gasteiger partial charge in [0.15, 0.2) is 11.8 Å². The molecule has 2 aromatic carbocycles. The molecule has 2 aromatic rings. The lowest BCUT2D eigenvalue weighted by molar-refractivity contribution is 0.419. The van der Waals surface area contributed by atoms with Crippen molar-refractivity contribution in [3.05, 3.63) is 59.7 Å². The Morgan fingerprint density at radius 2 is 1.44 bits per heavy atom. The third kappa shape index (κ3) is 2.88. The maximum absolute atomic E-state index is 9.50. The number of nitrogens with zero attached hydrogens (tertiary/aromatic N) is 4. The Kier molecular flexibility index (Phi) is 4.09. The summed E-state index contributed by atoms with van der Waals surface area (Å²) < 4.78 is 0. The van der Waals surface area contributed by atoms with Gasteiger partial charge in [-0.15, -0.1) is 0 Å². The summed E-state index contributed by atoms with van der Waals surface area (Å²) >= 11 is 0. The molecule has 0 fully saturated rings. The first-order chi connectivity index (χ1) is 12.0. The van der Waals surface area contributed by atoms with Crippen LogP contribution in [-0.4, -0.2) is 27.0 Å². The fourth-order valence-corrected chi connectivity index (χ4v) is 2.55. The number of aromatic hydroxyl groups is 2. The fraction of sp³-hybridized carbons (Fsp3) is 0.0556. The first kappa shape index (κ1) is 16.1. The lowest BCUT2D eigenvalue weighted by Gasteiger charge is -2.31. The van der Waals surface area contributed by atoms with Crippen molar-refractivity contribution in [2.45, 2.75) is 6.04 Å². The quantitative estimate of drug-likeness (QED) is 0.721. The van der Waals surface area contributed by atoms with E-state index in [1.807, 2.05) is 12.1 Å². The molecule has 4 N–H and O–H groups in total. The molecule has 7 heteroatoms. The predicted octanol–water partition coefficient (Wildman–Crippen LogP) is 1.97. The average Bonchev–Trinajstić information content (AvgIpc) is 2.62. The van der Waals surface area contributed by atoms with Crippen LogP contribution in [0.4, 0.5) is 0 Å². The Morgan fingerprint density at radius 3 is 1.92 bits per heavy atom. The smallest absolute Gasteiger partial charge is 0.183 e. The summed E-state index contributed by atoms with van der Waals surface area (Å²) in [5.74, 6) is 6.32. The molecule has 122 valence electrons. The summed E-state index contributed by atoms with van der Waals surface area (Å²) in [5.41, 5.74) is 2.08. The van der Waals surface area contributed by atoms with Gasteiger partial charge in [0.2, 0.25) is 0 Å². The van der Waals surface area contributed by atoms with E-state index >= 15 is 0 Å². The van der Waals surface area contributed by atoms with Gasteiger partial charge >= 0.3 is 0 Å². The molecule has 0 aliphatic carbocycles. The van der Waals surface area contributed by atoms with Crippen molar-refractivity contribution in [3.8, 4) is 23.6 Å². The maximum atomic E-state index is 9.50. The Morgan fingerprint density at radius 1 is 0.920 bits per heavy atom. The third-order valence-electron chi connectivity index (χ3n) is 3.77. The van der Waals surface area contributed by atoms with E-state index in [1.165, 1.54) is 29.3 Å². The first-order valence-electron chi connectivity index (χ1n) is 7.30. The fourth-order valence-electron chi connectivity index (χ4n) is 2.55. The zero-order chi connectivity index (χ0) is 18.0. The molecule has 0 saturated carbocycles. The average molecular weight is 331 g/mol. The normalized spacial score (nSPS) is 16.8. The number of aliphatic imine (C=N–C) groups is 1. The highest BCUT2D eigenvalue weighted by Gasteiger charge is 2.32. The highest BCUT2D eigenvalue weighted by Crippen LogP contribution is 2.34. The number of hydrogen-bond donors (Lipinski definition) is 3. The minimum atomic E-state index is -1.02. The Hall–Kier alpha value is -3.81. The standard InChI is InChI=1S/C18H13N5O2/c19-9-15-16(10-20)23(21)18(12-3-7-14(25)8-4-12)17(22-15)11-1-5-13(24)6-2-11/h1-8,16,24-25H,21H2. The second-order valence-corrected chi connectivity index (χ2v) is 5.34. The lowest BCUT2D eigenvalue weighted by Crippen LogP contribution is -2.45. The molecule has 1 unspecified atom stereocenters. The van der Waals surface area contributed by atoms with Gasteiger partial charge in [-0.05, 0) is 48.5 Å². The van der Waals surface area contributed by atoms with Gasteiger partial charge in [-0.25, -0.2) is 10.8 Å². The minimum absolute atomic E-state index is 0.0180. The van der Waals surface area contributed by atoms with Crippen LogP contribution < -0.4 is 5.84 Å². The Labute approximate surface area is 143 Å². The van der Waals surface area contributed by atoms with Crippen LogP contribution in [0.5, 0.6) is 11.5 Å². The molecule has 1 aliphatic rings. The molecular weight excluding hydrogens is 318 g/mol. The van der Waals surface area contributed by atoms with Crippen molar-refractivity contribution in [2.24, 2.45) is 10.8 Å². The minimum Gasteiger partial charge on any atom is -0.508 e. The third-order valence-corrected chi connectivity index (χ3v) is 3.77. The number of phenols is 2. The Bertz CT molecular complexity index is 947. The van der Waals surface area contributed by atoms with E-state index in [4.69, 9.17) is 5.84 Å². The monoisotopic (exact) mass is 331 g/mol. The summed E-state index contributed by atoms with van der Waals surface area (Å²) in [7, 11) is 0. The van der Waals surface area contributed by atoms with Gasteiger partial charge in [0.1, 0.15) is 17.6 Å². The summed E-state index contributed by atoms with van der Waals surface area (Å²) in [4.78, 5) is 4.33. The van der Waals surface area contributed by atoms with Gasteiger partial charge in [-0.1, -0.05) is 0 Å². The molecule has 3 rings (SSSR count). The van der Waals surface area contributed by atoms with Crippen LogP contribution in [0.15, 0.2) is 53.5 Å². The molecule has 1 atom stereocenters. The van der Waals surface area contributed by atoms with Crippen LogP contribution in [-0.2, 0) is 0 Å². The Balaban J connectivity index is 2.28. The molecule has 0 spiro atoms. The van der Waals surface area contributed by atoms with Gasteiger partial charge in [-0.3, -0.25) is 5.01 Å². The number of hydrogen-bond acceptors (Lipinski definition) is 7. The van der Waals surface area contributed by atoms with Crippen molar-refractivity contribution in [1.82, 2.24) is 5.01 Å². The van der Waals surface area contributed by atoms with Crippen LogP contribution in [0.1, 0.15) is 11.1 Å². The second kappa shape index (κ2) is 6.36. The van der Waals surface area contributed by atoms with E-state index in [2.05, 4.69) is 4.99 Å². The number of rotatable bonds is 2.